The summed E-state index contributed by atoms with van der Waals surface area (Å²) in [6.07, 6.45) is -5.30. The lowest BCUT2D eigenvalue weighted by molar-refractivity contribution is -0.167. The molecule has 2 saturated heterocycles. The molecule has 16 heteroatoms. The van der Waals surface area contributed by atoms with Crippen molar-refractivity contribution < 1.29 is 52.5 Å². The van der Waals surface area contributed by atoms with E-state index in [1.165, 1.54) is 23.1 Å². The van der Waals surface area contributed by atoms with Crippen molar-refractivity contribution in [1.29, 1.82) is 0 Å². The van der Waals surface area contributed by atoms with Crippen LogP contribution >= 0.6 is 0 Å². The van der Waals surface area contributed by atoms with Crippen molar-refractivity contribution in [3.8, 4) is 0 Å². The van der Waals surface area contributed by atoms with E-state index in [1.54, 1.807) is 70.7 Å². The van der Waals surface area contributed by atoms with E-state index in [0.717, 1.165) is 6.92 Å². The van der Waals surface area contributed by atoms with E-state index in [-0.39, 0.29) is 42.6 Å². The SMILES string of the molecule is [C-]#[N+]c1ccc(NC(=O)[C@H](OC(C)=O)[C@H]2OCCN(c3cccc(N4CCOCC4=O)c3)C2=O)cc1CN(C(=O)OC(C)(C)C)C(=O)OC(C)(C)C. The quantitative estimate of drug-likeness (QED) is 0.230. The summed E-state index contributed by atoms with van der Waals surface area (Å²) in [6, 6.07) is 10.9. The minimum atomic E-state index is -1.74. The second kappa shape index (κ2) is 16.2. The van der Waals surface area contributed by atoms with Crippen molar-refractivity contribution >= 4 is 58.6 Å². The van der Waals surface area contributed by atoms with Gasteiger partial charge in [0.25, 0.3) is 17.7 Å². The van der Waals surface area contributed by atoms with Crippen LogP contribution in [0.2, 0.25) is 0 Å². The van der Waals surface area contributed by atoms with Crippen molar-refractivity contribution in [3.05, 3.63) is 59.4 Å². The molecule has 2 atom stereocenters. The number of morpholine rings is 2. The number of amides is 5. The van der Waals surface area contributed by atoms with Gasteiger partial charge in [0.15, 0.2) is 11.8 Å². The third-order valence-electron chi connectivity index (χ3n) is 7.41. The Bertz CT molecular complexity index is 1730. The molecule has 2 aromatic rings. The molecular weight excluding hydrogens is 678 g/mol. The zero-order chi connectivity index (χ0) is 38.4. The van der Waals surface area contributed by atoms with Crippen molar-refractivity contribution in [1.82, 2.24) is 4.90 Å². The number of nitrogens with one attached hydrogen (secondary N) is 1. The number of ether oxygens (including phenoxy) is 5. The van der Waals surface area contributed by atoms with Crippen LogP contribution in [0, 0.1) is 6.57 Å². The average molecular weight is 722 g/mol. The van der Waals surface area contributed by atoms with E-state index in [9.17, 15) is 28.8 Å². The summed E-state index contributed by atoms with van der Waals surface area (Å²) in [5.74, 6) is -2.65. The maximum Gasteiger partial charge on any atom is 0.420 e. The van der Waals surface area contributed by atoms with Gasteiger partial charge in [0.2, 0.25) is 6.10 Å². The summed E-state index contributed by atoms with van der Waals surface area (Å²) in [5.41, 5.74) is -0.596. The normalized spacial score (nSPS) is 17.1. The maximum absolute atomic E-state index is 13.8. The van der Waals surface area contributed by atoms with Gasteiger partial charge in [-0.25, -0.2) is 19.3 Å². The van der Waals surface area contributed by atoms with Gasteiger partial charge in [0, 0.05) is 37.1 Å². The molecule has 278 valence electrons. The van der Waals surface area contributed by atoms with Gasteiger partial charge in [-0.05, 0) is 77.4 Å². The zero-order valence-electron chi connectivity index (χ0n) is 30.2. The molecule has 0 bridgehead atoms. The Morgan fingerprint density at radius 3 is 2.13 bits per heavy atom. The summed E-state index contributed by atoms with van der Waals surface area (Å²) >= 11 is 0. The number of hydrogen-bond acceptors (Lipinski definition) is 11. The second-order valence-corrected chi connectivity index (χ2v) is 13.9. The summed E-state index contributed by atoms with van der Waals surface area (Å²) in [6.45, 7) is 18.8. The topological polar surface area (TPSA) is 175 Å². The van der Waals surface area contributed by atoms with Crippen LogP contribution in [0.25, 0.3) is 4.85 Å². The number of esters is 1. The molecule has 0 aliphatic carbocycles. The predicted octanol–water partition coefficient (Wildman–Crippen LogP) is 4.57. The van der Waals surface area contributed by atoms with Crippen molar-refractivity contribution in [2.75, 3.05) is 48.0 Å². The number of nitrogens with zero attached hydrogens (tertiary/aromatic N) is 4. The lowest BCUT2D eigenvalue weighted by Gasteiger charge is -2.35. The Balaban J connectivity index is 1.59. The summed E-state index contributed by atoms with van der Waals surface area (Å²) < 4.78 is 27.1. The van der Waals surface area contributed by atoms with E-state index in [4.69, 9.17) is 30.3 Å². The smallest absolute Gasteiger partial charge is 0.420 e. The number of imide groups is 1. The maximum atomic E-state index is 13.8. The first kappa shape index (κ1) is 39.3. The summed E-state index contributed by atoms with van der Waals surface area (Å²) in [4.78, 5) is 85.6. The first-order valence-corrected chi connectivity index (χ1v) is 16.5. The Morgan fingerprint density at radius 1 is 0.942 bits per heavy atom. The number of benzene rings is 2. The number of anilines is 3. The molecule has 1 N–H and O–H groups in total. The Kier molecular flexibility index (Phi) is 12.2. The fourth-order valence-electron chi connectivity index (χ4n) is 5.25. The highest BCUT2D eigenvalue weighted by molar-refractivity contribution is 6.05. The van der Waals surface area contributed by atoms with Gasteiger partial charge in [0.1, 0.15) is 17.8 Å². The van der Waals surface area contributed by atoms with E-state index in [1.807, 2.05) is 0 Å². The third kappa shape index (κ3) is 10.3. The van der Waals surface area contributed by atoms with Crippen LogP contribution in [0.15, 0.2) is 42.5 Å². The lowest BCUT2D eigenvalue weighted by Crippen LogP contribution is -2.56. The molecule has 2 aliphatic rings. The minimum absolute atomic E-state index is 0.00280. The van der Waals surface area contributed by atoms with Crippen molar-refractivity contribution in [3.63, 3.8) is 0 Å². The molecule has 5 amide bonds. The molecule has 0 unspecified atom stereocenters. The highest BCUT2D eigenvalue weighted by atomic mass is 16.6. The molecule has 4 rings (SSSR count). The van der Waals surface area contributed by atoms with Crippen LogP contribution < -0.4 is 15.1 Å². The van der Waals surface area contributed by atoms with Crippen LogP contribution in [0.3, 0.4) is 0 Å². The average Bonchev–Trinajstić information content (AvgIpc) is 3.05. The zero-order valence-corrected chi connectivity index (χ0v) is 30.2. The lowest BCUT2D eigenvalue weighted by atomic mass is 10.1. The van der Waals surface area contributed by atoms with Gasteiger partial charge in [-0.1, -0.05) is 12.1 Å². The second-order valence-electron chi connectivity index (χ2n) is 13.9. The summed E-state index contributed by atoms with van der Waals surface area (Å²) in [5, 5.41) is 2.60. The fourth-order valence-corrected chi connectivity index (χ4v) is 5.25. The van der Waals surface area contributed by atoms with Crippen LogP contribution in [0.4, 0.5) is 32.3 Å². The van der Waals surface area contributed by atoms with E-state index < -0.39 is 59.9 Å². The molecule has 0 spiro atoms. The van der Waals surface area contributed by atoms with E-state index in [0.29, 0.717) is 29.4 Å². The van der Waals surface area contributed by atoms with Crippen LogP contribution in [-0.2, 0) is 49.4 Å². The van der Waals surface area contributed by atoms with Gasteiger partial charge in [-0.2, -0.15) is 0 Å². The number of carbonyl (C=O) groups excluding carboxylic acids is 6. The predicted molar refractivity (Wildman–Crippen MR) is 187 cm³/mol. The van der Waals surface area contributed by atoms with Gasteiger partial charge in [-0.15, -0.1) is 0 Å². The molecule has 2 fully saturated rings. The Hall–Kier alpha value is -5.53. The highest BCUT2D eigenvalue weighted by Crippen LogP contribution is 2.29. The van der Waals surface area contributed by atoms with Crippen LogP contribution in [0.5, 0.6) is 0 Å². The molecule has 2 aromatic carbocycles. The first-order chi connectivity index (χ1) is 24.4. The Labute approximate surface area is 301 Å². The summed E-state index contributed by atoms with van der Waals surface area (Å²) in [7, 11) is 0. The van der Waals surface area contributed by atoms with Crippen LogP contribution in [0.1, 0.15) is 54.0 Å². The molecule has 52 heavy (non-hydrogen) atoms. The fraction of sp³-hybridized carbons (Fsp3) is 0.472. The Morgan fingerprint density at radius 2 is 1.56 bits per heavy atom. The molecule has 0 radical (unpaired) electrons. The molecule has 2 aliphatic heterocycles. The highest BCUT2D eigenvalue weighted by Gasteiger charge is 2.43. The first-order valence-electron chi connectivity index (χ1n) is 16.5. The molecular formula is C36H43N5O11. The minimum Gasteiger partial charge on any atom is -0.449 e. The largest absolute Gasteiger partial charge is 0.449 e. The van der Waals surface area contributed by atoms with E-state index in [2.05, 4.69) is 10.2 Å². The number of hydrogen-bond donors (Lipinski definition) is 1. The van der Waals surface area contributed by atoms with Crippen LogP contribution in [-0.4, -0.2) is 97.1 Å². The standard InChI is InChI=1S/C36H43N5O11/c1-22(42)50-29(30-32(45)40(15-17-49-30)26-11-9-10-25(19-26)39-14-16-48-21-28(39)43)31(44)38-24-12-13-27(37-8)23(18-24)20-41(33(46)51-35(2,3)4)34(47)52-36(5,6)7/h9-13,18-19,29-30H,14-17,20-21H2,1-7H3,(H,38,44)/t29-,30-/m1/s1. The van der Waals surface area contributed by atoms with Gasteiger partial charge < -0.3 is 38.8 Å². The van der Waals surface area contributed by atoms with Crippen molar-refractivity contribution in [2.45, 2.75) is 78.4 Å². The monoisotopic (exact) mass is 721 g/mol. The van der Waals surface area contributed by atoms with Gasteiger partial charge in [-0.3, -0.25) is 19.2 Å². The third-order valence-corrected chi connectivity index (χ3v) is 7.41. The number of rotatable bonds is 8. The number of carbonyl (C=O) groups is 6. The van der Waals surface area contributed by atoms with Gasteiger partial charge >= 0.3 is 18.2 Å². The van der Waals surface area contributed by atoms with E-state index >= 15 is 0 Å². The van der Waals surface area contributed by atoms with Gasteiger partial charge in [0.05, 0.1) is 26.3 Å². The molecule has 2 heterocycles. The molecule has 0 aromatic heterocycles. The van der Waals surface area contributed by atoms with Crippen molar-refractivity contribution in [2.24, 2.45) is 0 Å². The molecule has 0 saturated carbocycles. The molecule has 16 nitrogen and oxygen atoms in total.